The zero-order chi connectivity index (χ0) is 23.5. The van der Waals surface area contributed by atoms with E-state index in [0.29, 0.717) is 30.7 Å². The summed E-state index contributed by atoms with van der Waals surface area (Å²) >= 11 is 6.09. The van der Waals surface area contributed by atoms with Crippen molar-refractivity contribution in [2.75, 3.05) is 36.4 Å². The average molecular weight is 469 g/mol. The molecule has 0 unspecified atom stereocenters. The van der Waals surface area contributed by atoms with Crippen LogP contribution in [0.15, 0.2) is 42.9 Å². The van der Waals surface area contributed by atoms with Crippen LogP contribution < -0.4 is 15.5 Å². The molecule has 0 aliphatic carbocycles. The highest BCUT2D eigenvalue weighted by Gasteiger charge is 2.33. The highest BCUT2D eigenvalue weighted by atomic mass is 35.5. The zero-order valence-corrected chi connectivity index (χ0v) is 20.4. The SMILES string of the molecule is C=C1CCc2c(ncnc2N2CCN(C(=O)[C@H](CNC(C)C)c3ccc(Cl)cc3)C[C@H]2C)N1. The van der Waals surface area contributed by atoms with Gasteiger partial charge in [-0.2, -0.15) is 0 Å². The monoisotopic (exact) mass is 468 g/mol. The maximum Gasteiger partial charge on any atom is 0.231 e. The van der Waals surface area contributed by atoms with Crippen LogP contribution in [0.2, 0.25) is 5.02 Å². The number of rotatable bonds is 6. The second-order valence-electron chi connectivity index (χ2n) is 9.25. The van der Waals surface area contributed by atoms with E-state index in [2.05, 4.69) is 52.9 Å². The van der Waals surface area contributed by atoms with Crippen molar-refractivity contribution in [3.05, 3.63) is 59.0 Å². The van der Waals surface area contributed by atoms with Crippen LogP contribution in [0.3, 0.4) is 0 Å². The van der Waals surface area contributed by atoms with Crippen molar-refractivity contribution in [3.8, 4) is 0 Å². The number of nitrogens with one attached hydrogen (secondary N) is 2. The van der Waals surface area contributed by atoms with Gasteiger partial charge in [-0.15, -0.1) is 0 Å². The van der Waals surface area contributed by atoms with Crippen LogP contribution in [0.1, 0.15) is 44.2 Å². The van der Waals surface area contributed by atoms with Gasteiger partial charge in [-0.25, -0.2) is 9.97 Å². The number of nitrogens with zero attached hydrogens (tertiary/aromatic N) is 4. The molecule has 7 nitrogen and oxygen atoms in total. The predicted molar refractivity (Wildman–Crippen MR) is 134 cm³/mol. The second-order valence-corrected chi connectivity index (χ2v) is 9.68. The van der Waals surface area contributed by atoms with E-state index in [-0.39, 0.29) is 17.9 Å². The van der Waals surface area contributed by atoms with Gasteiger partial charge >= 0.3 is 0 Å². The van der Waals surface area contributed by atoms with Crippen molar-refractivity contribution in [1.82, 2.24) is 20.2 Å². The number of allylic oxidation sites excluding steroid dienone is 1. The Morgan fingerprint density at radius 1 is 1.24 bits per heavy atom. The molecule has 2 aliphatic rings. The van der Waals surface area contributed by atoms with E-state index in [1.807, 2.05) is 29.2 Å². The van der Waals surface area contributed by atoms with Crippen molar-refractivity contribution in [3.63, 3.8) is 0 Å². The fourth-order valence-electron chi connectivity index (χ4n) is 4.58. The molecule has 1 saturated heterocycles. The fraction of sp³-hybridized carbons (Fsp3) is 0.480. The Kier molecular flexibility index (Phi) is 7.20. The molecule has 2 N–H and O–H groups in total. The maximum absolute atomic E-state index is 13.6. The Hall–Kier alpha value is -2.64. The summed E-state index contributed by atoms with van der Waals surface area (Å²) in [5.74, 6) is 1.73. The molecule has 2 atom stereocenters. The van der Waals surface area contributed by atoms with Gasteiger partial charge in [0.1, 0.15) is 18.0 Å². The normalized spacial score (nSPS) is 19.3. The first-order valence-electron chi connectivity index (χ1n) is 11.7. The van der Waals surface area contributed by atoms with Gasteiger partial charge in [0.05, 0.1) is 5.92 Å². The third-order valence-corrected chi connectivity index (χ3v) is 6.66. The number of piperazine rings is 1. The van der Waals surface area contributed by atoms with Crippen LogP contribution >= 0.6 is 11.6 Å². The summed E-state index contributed by atoms with van der Waals surface area (Å²) in [6, 6.07) is 8.08. The van der Waals surface area contributed by atoms with Crippen molar-refractivity contribution in [1.29, 1.82) is 0 Å². The van der Waals surface area contributed by atoms with Crippen LogP contribution in [0.4, 0.5) is 11.6 Å². The van der Waals surface area contributed by atoms with Crippen molar-refractivity contribution < 1.29 is 4.79 Å². The van der Waals surface area contributed by atoms with Gasteiger partial charge in [-0.05, 0) is 37.5 Å². The summed E-state index contributed by atoms with van der Waals surface area (Å²) < 4.78 is 0. The Morgan fingerprint density at radius 2 is 2.00 bits per heavy atom. The fourth-order valence-corrected chi connectivity index (χ4v) is 4.71. The lowest BCUT2D eigenvalue weighted by atomic mass is 9.96. The standard InChI is InChI=1S/C25H33ClN6O/c1-16(2)27-13-22(19-6-8-20(26)9-7-19)25(33)31-11-12-32(18(4)14-31)24-21-10-5-17(3)30-23(21)28-15-29-24/h6-9,15-16,18,22,27H,3,5,10-14H2,1-2,4H3,(H,28,29,30)/t18-,22-/m1/s1. The van der Waals surface area contributed by atoms with Crippen LogP contribution in [-0.2, 0) is 11.2 Å². The third kappa shape index (κ3) is 5.31. The molecule has 33 heavy (non-hydrogen) atoms. The quantitative estimate of drug-likeness (QED) is 0.671. The van der Waals surface area contributed by atoms with Gasteiger partial charge in [-0.3, -0.25) is 4.79 Å². The number of carbonyl (C=O) groups excluding carboxylic acids is 1. The Labute approximate surface area is 201 Å². The highest BCUT2D eigenvalue weighted by Crippen LogP contribution is 2.32. The number of anilines is 2. The Morgan fingerprint density at radius 3 is 2.70 bits per heavy atom. The topological polar surface area (TPSA) is 73.4 Å². The molecule has 0 radical (unpaired) electrons. The van der Waals surface area contributed by atoms with E-state index in [4.69, 9.17) is 11.6 Å². The number of halogens is 1. The number of carbonyl (C=O) groups is 1. The average Bonchev–Trinajstić information content (AvgIpc) is 2.79. The Balaban J connectivity index is 1.50. The maximum atomic E-state index is 13.6. The molecule has 4 rings (SSSR count). The molecule has 0 spiro atoms. The number of hydrogen-bond donors (Lipinski definition) is 2. The number of aromatic nitrogens is 2. The number of amides is 1. The van der Waals surface area contributed by atoms with E-state index in [9.17, 15) is 4.79 Å². The van der Waals surface area contributed by atoms with E-state index in [1.54, 1.807) is 6.33 Å². The number of benzene rings is 1. The summed E-state index contributed by atoms with van der Waals surface area (Å²) in [6.07, 6.45) is 3.37. The molecule has 1 fully saturated rings. The molecule has 176 valence electrons. The van der Waals surface area contributed by atoms with Crippen molar-refractivity contribution in [2.45, 2.75) is 51.6 Å². The van der Waals surface area contributed by atoms with Crippen LogP contribution in [0, 0.1) is 0 Å². The first-order chi connectivity index (χ1) is 15.8. The van der Waals surface area contributed by atoms with Crippen molar-refractivity contribution in [2.24, 2.45) is 0 Å². The van der Waals surface area contributed by atoms with Gasteiger partial charge in [0.25, 0.3) is 0 Å². The lowest BCUT2D eigenvalue weighted by Crippen LogP contribution is -2.55. The van der Waals surface area contributed by atoms with Crippen LogP contribution in [0.5, 0.6) is 0 Å². The molecule has 1 aromatic heterocycles. The molecule has 2 aromatic rings. The van der Waals surface area contributed by atoms with Crippen LogP contribution in [-0.4, -0.2) is 59.0 Å². The van der Waals surface area contributed by atoms with Gasteiger partial charge in [0.2, 0.25) is 5.91 Å². The summed E-state index contributed by atoms with van der Waals surface area (Å²) in [6.45, 7) is 13.0. The van der Waals surface area contributed by atoms with Gasteiger partial charge in [0, 0.05) is 54.5 Å². The molecule has 1 amide bonds. The molecule has 0 saturated carbocycles. The molecular weight excluding hydrogens is 436 g/mol. The van der Waals surface area contributed by atoms with E-state index >= 15 is 0 Å². The predicted octanol–water partition coefficient (Wildman–Crippen LogP) is 3.82. The minimum Gasteiger partial charge on any atom is -0.350 e. The van der Waals surface area contributed by atoms with Crippen molar-refractivity contribution >= 4 is 29.1 Å². The number of hydrogen-bond acceptors (Lipinski definition) is 6. The van der Waals surface area contributed by atoms with E-state index < -0.39 is 0 Å². The smallest absolute Gasteiger partial charge is 0.231 e. The molecule has 8 heteroatoms. The van der Waals surface area contributed by atoms with Crippen LogP contribution in [0.25, 0.3) is 0 Å². The summed E-state index contributed by atoms with van der Waals surface area (Å²) in [4.78, 5) is 27.0. The first-order valence-corrected chi connectivity index (χ1v) is 12.0. The molecule has 2 aliphatic heterocycles. The largest absolute Gasteiger partial charge is 0.350 e. The number of fused-ring (bicyclic) bond motifs is 1. The minimum absolute atomic E-state index is 0.149. The Bertz CT molecular complexity index is 1010. The third-order valence-electron chi connectivity index (χ3n) is 6.41. The summed E-state index contributed by atoms with van der Waals surface area (Å²) in [5.41, 5.74) is 3.11. The summed E-state index contributed by atoms with van der Waals surface area (Å²) in [5, 5.41) is 7.40. The highest BCUT2D eigenvalue weighted by molar-refractivity contribution is 6.30. The molecular formula is C25H33ClN6O. The molecule has 0 bridgehead atoms. The first kappa shape index (κ1) is 23.5. The lowest BCUT2D eigenvalue weighted by molar-refractivity contribution is -0.133. The van der Waals surface area contributed by atoms with Gasteiger partial charge in [-0.1, -0.05) is 44.2 Å². The minimum atomic E-state index is -0.245. The second kappa shape index (κ2) is 10.1. The van der Waals surface area contributed by atoms with Gasteiger partial charge < -0.3 is 20.4 Å². The zero-order valence-electron chi connectivity index (χ0n) is 19.6. The molecule has 3 heterocycles. The van der Waals surface area contributed by atoms with E-state index in [1.165, 1.54) is 0 Å². The van der Waals surface area contributed by atoms with Gasteiger partial charge in [0.15, 0.2) is 0 Å². The summed E-state index contributed by atoms with van der Waals surface area (Å²) in [7, 11) is 0. The lowest BCUT2D eigenvalue weighted by Gasteiger charge is -2.42. The van der Waals surface area contributed by atoms with E-state index in [0.717, 1.165) is 47.8 Å². The molecule has 1 aromatic carbocycles.